The molecule has 2 aromatic rings. The van der Waals surface area contributed by atoms with E-state index in [9.17, 15) is 4.79 Å². The molecule has 1 heterocycles. The molecule has 0 unspecified atom stereocenters. The van der Waals surface area contributed by atoms with Crippen molar-refractivity contribution in [2.24, 2.45) is 5.10 Å². The van der Waals surface area contributed by atoms with E-state index in [2.05, 4.69) is 10.5 Å². The van der Waals surface area contributed by atoms with Gasteiger partial charge in [0.1, 0.15) is 5.76 Å². The standard InChI is InChI=1S/C15H15ClN2O2/c1-3-13(11-5-7-12(16)8-6-11)17-18-15(19)14-9-4-10(2)20-14/h4-9H,3H2,1-2H3,(H,18,19)/b17-13+. The molecule has 5 heteroatoms. The molecule has 0 aliphatic carbocycles. The average Bonchev–Trinajstić information content (AvgIpc) is 2.88. The van der Waals surface area contributed by atoms with E-state index in [0.717, 1.165) is 11.3 Å². The second kappa shape index (κ2) is 6.39. The minimum Gasteiger partial charge on any atom is -0.456 e. The van der Waals surface area contributed by atoms with Crippen molar-refractivity contribution in [1.29, 1.82) is 0 Å². The lowest BCUT2D eigenvalue weighted by Gasteiger charge is -2.04. The molecule has 20 heavy (non-hydrogen) atoms. The Balaban J connectivity index is 2.11. The molecule has 1 amide bonds. The van der Waals surface area contributed by atoms with Crippen LogP contribution in [0.4, 0.5) is 0 Å². The van der Waals surface area contributed by atoms with Crippen molar-refractivity contribution in [3.05, 3.63) is 58.5 Å². The van der Waals surface area contributed by atoms with E-state index < -0.39 is 0 Å². The quantitative estimate of drug-likeness (QED) is 0.688. The molecule has 0 aliphatic heterocycles. The molecule has 1 aromatic heterocycles. The first-order valence-electron chi connectivity index (χ1n) is 6.29. The van der Waals surface area contributed by atoms with E-state index in [1.807, 2.05) is 19.1 Å². The first-order valence-corrected chi connectivity index (χ1v) is 6.67. The first-order chi connectivity index (χ1) is 9.60. The number of benzene rings is 1. The summed E-state index contributed by atoms with van der Waals surface area (Å²) < 4.78 is 5.23. The molecule has 104 valence electrons. The maximum Gasteiger partial charge on any atom is 0.307 e. The van der Waals surface area contributed by atoms with Crippen LogP contribution in [0.1, 0.15) is 35.2 Å². The zero-order chi connectivity index (χ0) is 14.5. The lowest BCUT2D eigenvalue weighted by molar-refractivity contribution is 0.0926. The smallest absolute Gasteiger partial charge is 0.307 e. The van der Waals surface area contributed by atoms with Crippen LogP contribution in [-0.4, -0.2) is 11.6 Å². The molecule has 4 nitrogen and oxygen atoms in total. The molecule has 0 atom stereocenters. The summed E-state index contributed by atoms with van der Waals surface area (Å²) in [5, 5.41) is 4.81. The average molecular weight is 291 g/mol. The summed E-state index contributed by atoms with van der Waals surface area (Å²) in [5.74, 6) is 0.573. The predicted molar refractivity (Wildman–Crippen MR) is 79.2 cm³/mol. The van der Waals surface area contributed by atoms with Crippen LogP contribution in [0.25, 0.3) is 0 Å². The molecule has 0 saturated heterocycles. The number of hydrogen-bond donors (Lipinski definition) is 1. The number of rotatable bonds is 4. The molecule has 2 rings (SSSR count). The minimum atomic E-state index is -0.363. The molecule has 1 N–H and O–H groups in total. The molecule has 0 radical (unpaired) electrons. The highest BCUT2D eigenvalue weighted by Gasteiger charge is 2.09. The van der Waals surface area contributed by atoms with Crippen molar-refractivity contribution in [3.63, 3.8) is 0 Å². The Morgan fingerprint density at radius 2 is 1.95 bits per heavy atom. The van der Waals surface area contributed by atoms with Gasteiger partial charge in [-0.1, -0.05) is 30.7 Å². The Kier molecular flexibility index (Phi) is 4.58. The number of aryl methyl sites for hydroxylation is 1. The number of nitrogens with one attached hydrogen (secondary N) is 1. The summed E-state index contributed by atoms with van der Waals surface area (Å²) in [6, 6.07) is 10.7. The van der Waals surface area contributed by atoms with Crippen molar-refractivity contribution in [2.45, 2.75) is 20.3 Å². The third kappa shape index (κ3) is 3.48. The van der Waals surface area contributed by atoms with E-state index in [1.54, 1.807) is 31.2 Å². The van der Waals surface area contributed by atoms with Gasteiger partial charge in [-0.15, -0.1) is 0 Å². The van der Waals surface area contributed by atoms with E-state index in [1.165, 1.54) is 0 Å². The SMILES string of the molecule is CC/C(=N\NC(=O)c1ccc(C)o1)c1ccc(Cl)cc1. The van der Waals surface area contributed by atoms with Crippen LogP contribution in [0.2, 0.25) is 5.02 Å². The monoisotopic (exact) mass is 290 g/mol. The zero-order valence-corrected chi connectivity index (χ0v) is 12.1. The van der Waals surface area contributed by atoms with Gasteiger partial charge in [0.15, 0.2) is 5.76 Å². The summed E-state index contributed by atoms with van der Waals surface area (Å²) in [5.41, 5.74) is 4.20. The summed E-state index contributed by atoms with van der Waals surface area (Å²) in [6.45, 7) is 3.75. The number of furan rings is 1. The fourth-order valence-electron chi connectivity index (χ4n) is 1.72. The van der Waals surface area contributed by atoms with Gasteiger partial charge in [-0.25, -0.2) is 5.43 Å². The van der Waals surface area contributed by atoms with E-state index >= 15 is 0 Å². The molecule has 0 spiro atoms. The molecule has 1 aromatic carbocycles. The van der Waals surface area contributed by atoms with Gasteiger partial charge in [-0.2, -0.15) is 5.10 Å². The number of hydrazone groups is 1. The van der Waals surface area contributed by atoms with Crippen molar-refractivity contribution in [1.82, 2.24) is 5.43 Å². The summed E-state index contributed by atoms with van der Waals surface area (Å²) >= 11 is 5.85. The van der Waals surface area contributed by atoms with Gasteiger partial charge in [-0.3, -0.25) is 4.79 Å². The van der Waals surface area contributed by atoms with Crippen molar-refractivity contribution < 1.29 is 9.21 Å². The van der Waals surface area contributed by atoms with Crippen LogP contribution in [0.15, 0.2) is 45.9 Å². The van der Waals surface area contributed by atoms with Gasteiger partial charge in [0, 0.05) is 5.02 Å². The van der Waals surface area contributed by atoms with Crippen LogP contribution >= 0.6 is 11.6 Å². The molecular formula is C15H15ClN2O2. The van der Waals surface area contributed by atoms with Gasteiger partial charge >= 0.3 is 5.91 Å². The summed E-state index contributed by atoms with van der Waals surface area (Å²) in [4.78, 5) is 11.8. The van der Waals surface area contributed by atoms with Gasteiger partial charge in [0.2, 0.25) is 0 Å². The molecular weight excluding hydrogens is 276 g/mol. The van der Waals surface area contributed by atoms with Crippen LogP contribution in [0.3, 0.4) is 0 Å². The topological polar surface area (TPSA) is 54.6 Å². The second-order valence-electron chi connectivity index (χ2n) is 4.27. The summed E-state index contributed by atoms with van der Waals surface area (Å²) in [6.07, 6.45) is 0.694. The number of halogens is 1. The number of carbonyl (C=O) groups is 1. The third-order valence-corrected chi connectivity index (χ3v) is 3.02. The Morgan fingerprint density at radius 1 is 1.25 bits per heavy atom. The Hall–Kier alpha value is -2.07. The Bertz CT molecular complexity index is 630. The number of hydrogen-bond acceptors (Lipinski definition) is 3. The van der Waals surface area contributed by atoms with E-state index in [0.29, 0.717) is 17.2 Å². The maximum absolute atomic E-state index is 11.8. The van der Waals surface area contributed by atoms with Crippen LogP contribution in [-0.2, 0) is 0 Å². The lowest BCUT2D eigenvalue weighted by Crippen LogP contribution is -2.19. The van der Waals surface area contributed by atoms with Crippen LogP contribution < -0.4 is 5.43 Å². The highest BCUT2D eigenvalue weighted by Crippen LogP contribution is 2.12. The molecule has 0 saturated carbocycles. The largest absolute Gasteiger partial charge is 0.456 e. The van der Waals surface area contributed by atoms with Crippen LogP contribution in [0.5, 0.6) is 0 Å². The normalized spacial score (nSPS) is 11.4. The highest BCUT2D eigenvalue weighted by molar-refractivity contribution is 6.30. The summed E-state index contributed by atoms with van der Waals surface area (Å²) in [7, 11) is 0. The predicted octanol–water partition coefficient (Wildman–Crippen LogP) is 3.79. The zero-order valence-electron chi connectivity index (χ0n) is 11.3. The van der Waals surface area contributed by atoms with Crippen molar-refractivity contribution in [2.75, 3.05) is 0 Å². The van der Waals surface area contributed by atoms with Gasteiger partial charge < -0.3 is 4.42 Å². The van der Waals surface area contributed by atoms with Crippen molar-refractivity contribution >= 4 is 23.2 Å². The van der Waals surface area contributed by atoms with Gasteiger partial charge in [-0.05, 0) is 43.2 Å². The third-order valence-electron chi connectivity index (χ3n) is 2.77. The lowest BCUT2D eigenvalue weighted by atomic mass is 10.1. The fourth-order valence-corrected chi connectivity index (χ4v) is 1.85. The Morgan fingerprint density at radius 3 is 2.50 bits per heavy atom. The highest BCUT2D eigenvalue weighted by atomic mass is 35.5. The molecule has 0 bridgehead atoms. The van der Waals surface area contributed by atoms with Crippen molar-refractivity contribution in [3.8, 4) is 0 Å². The first kappa shape index (κ1) is 14.3. The minimum absolute atomic E-state index is 0.248. The van der Waals surface area contributed by atoms with E-state index in [4.69, 9.17) is 16.0 Å². The van der Waals surface area contributed by atoms with Crippen LogP contribution in [0, 0.1) is 6.92 Å². The number of carbonyl (C=O) groups excluding carboxylic acids is 1. The fraction of sp³-hybridized carbons (Fsp3) is 0.200. The van der Waals surface area contributed by atoms with E-state index in [-0.39, 0.29) is 11.7 Å². The number of nitrogens with zero attached hydrogens (tertiary/aromatic N) is 1. The molecule has 0 aliphatic rings. The Labute approximate surface area is 122 Å². The second-order valence-corrected chi connectivity index (χ2v) is 4.71. The maximum atomic E-state index is 11.8. The van der Waals surface area contributed by atoms with Gasteiger partial charge in [0.25, 0.3) is 0 Å². The van der Waals surface area contributed by atoms with Gasteiger partial charge in [0.05, 0.1) is 5.71 Å². The molecule has 0 fully saturated rings. The number of amides is 1.